The van der Waals surface area contributed by atoms with Crippen molar-refractivity contribution in [3.8, 4) is 0 Å². The lowest BCUT2D eigenvalue weighted by atomic mass is 10.1. The van der Waals surface area contributed by atoms with Gasteiger partial charge in [0, 0.05) is 4.47 Å². The van der Waals surface area contributed by atoms with Crippen molar-refractivity contribution in [2.24, 2.45) is 0 Å². The highest BCUT2D eigenvalue weighted by atomic mass is 79.9. The summed E-state index contributed by atoms with van der Waals surface area (Å²) >= 11 is 3.16. The number of hydrogen-bond acceptors (Lipinski definition) is 2. The van der Waals surface area contributed by atoms with Crippen LogP contribution in [0.5, 0.6) is 0 Å². The first-order chi connectivity index (χ1) is 6.57. The summed E-state index contributed by atoms with van der Waals surface area (Å²) in [6, 6.07) is 2.86. The molecule has 76 valence electrons. The van der Waals surface area contributed by atoms with Gasteiger partial charge in [0.1, 0.15) is 11.4 Å². The Labute approximate surface area is 90.2 Å². The third-order valence-electron chi connectivity index (χ3n) is 1.76. The molecule has 0 unspecified atom stereocenters. The van der Waals surface area contributed by atoms with E-state index in [0.29, 0.717) is 4.47 Å². The van der Waals surface area contributed by atoms with Crippen molar-refractivity contribution in [3.05, 3.63) is 33.5 Å². The summed E-state index contributed by atoms with van der Waals surface area (Å²) in [5.41, 5.74) is 0.765. The molecular formula is C10H10BrFO2. The molecule has 0 bridgehead atoms. The maximum atomic E-state index is 13.3. The van der Waals surface area contributed by atoms with Gasteiger partial charge in [0.15, 0.2) is 0 Å². The summed E-state index contributed by atoms with van der Waals surface area (Å²) in [6.45, 7) is 3.70. The number of carbonyl (C=O) groups excluding carboxylic acids is 1. The zero-order chi connectivity index (χ0) is 10.7. The Morgan fingerprint density at radius 1 is 1.57 bits per heavy atom. The van der Waals surface area contributed by atoms with Crippen molar-refractivity contribution in [1.29, 1.82) is 0 Å². The molecular weight excluding hydrogens is 251 g/mol. The van der Waals surface area contributed by atoms with Crippen LogP contribution in [0.2, 0.25) is 0 Å². The SMILES string of the molecule is CCOC(=O)c1c(F)ccc(C)c1Br. The molecule has 0 N–H and O–H groups in total. The molecule has 0 aliphatic carbocycles. The van der Waals surface area contributed by atoms with Gasteiger partial charge in [-0.3, -0.25) is 0 Å². The Hall–Kier alpha value is -0.900. The van der Waals surface area contributed by atoms with Crippen LogP contribution in [0.3, 0.4) is 0 Å². The fourth-order valence-corrected chi connectivity index (χ4v) is 1.53. The predicted octanol–water partition coefficient (Wildman–Crippen LogP) is 3.07. The van der Waals surface area contributed by atoms with Crippen molar-refractivity contribution in [3.63, 3.8) is 0 Å². The molecule has 2 nitrogen and oxygen atoms in total. The molecule has 1 rings (SSSR count). The highest BCUT2D eigenvalue weighted by Gasteiger charge is 2.17. The lowest BCUT2D eigenvalue weighted by molar-refractivity contribution is 0.0520. The molecule has 0 spiro atoms. The van der Waals surface area contributed by atoms with E-state index in [1.807, 2.05) is 0 Å². The van der Waals surface area contributed by atoms with Crippen LogP contribution < -0.4 is 0 Å². The van der Waals surface area contributed by atoms with E-state index < -0.39 is 11.8 Å². The molecule has 0 aliphatic rings. The van der Waals surface area contributed by atoms with E-state index in [2.05, 4.69) is 15.9 Å². The van der Waals surface area contributed by atoms with Gasteiger partial charge in [-0.15, -0.1) is 0 Å². The number of aryl methyl sites for hydroxylation is 1. The monoisotopic (exact) mass is 260 g/mol. The fourth-order valence-electron chi connectivity index (χ4n) is 1.05. The Morgan fingerprint density at radius 3 is 2.79 bits per heavy atom. The minimum Gasteiger partial charge on any atom is -0.462 e. The Balaban J connectivity index is 3.18. The van der Waals surface area contributed by atoms with E-state index in [1.165, 1.54) is 6.07 Å². The van der Waals surface area contributed by atoms with Crippen molar-refractivity contribution in [1.82, 2.24) is 0 Å². The third kappa shape index (κ3) is 2.12. The average Bonchev–Trinajstić information content (AvgIpc) is 2.13. The van der Waals surface area contributed by atoms with Gasteiger partial charge in [0.2, 0.25) is 0 Å². The second kappa shape index (κ2) is 4.55. The number of benzene rings is 1. The van der Waals surface area contributed by atoms with Crippen LogP contribution in [-0.2, 0) is 4.74 Å². The summed E-state index contributed by atoms with van der Waals surface area (Å²) in [5.74, 6) is -1.21. The predicted molar refractivity (Wildman–Crippen MR) is 54.8 cm³/mol. The number of carbonyl (C=O) groups is 1. The zero-order valence-electron chi connectivity index (χ0n) is 7.93. The molecule has 0 saturated heterocycles. The van der Waals surface area contributed by atoms with Crippen LogP contribution in [-0.4, -0.2) is 12.6 Å². The number of halogens is 2. The van der Waals surface area contributed by atoms with Gasteiger partial charge in [0.05, 0.1) is 6.61 Å². The molecule has 1 aromatic carbocycles. The third-order valence-corrected chi connectivity index (χ3v) is 2.79. The lowest BCUT2D eigenvalue weighted by Crippen LogP contribution is -2.08. The van der Waals surface area contributed by atoms with Crippen molar-refractivity contribution >= 4 is 21.9 Å². The molecule has 0 atom stereocenters. The van der Waals surface area contributed by atoms with Gasteiger partial charge >= 0.3 is 5.97 Å². The van der Waals surface area contributed by atoms with Crippen LogP contribution in [0.15, 0.2) is 16.6 Å². The molecule has 0 aliphatic heterocycles. The second-order valence-corrected chi connectivity index (χ2v) is 3.57. The minimum absolute atomic E-state index is 0.0353. The van der Waals surface area contributed by atoms with E-state index >= 15 is 0 Å². The number of rotatable bonds is 2. The molecule has 14 heavy (non-hydrogen) atoms. The first kappa shape index (κ1) is 11.2. The van der Waals surface area contributed by atoms with Crippen LogP contribution in [0, 0.1) is 12.7 Å². The van der Waals surface area contributed by atoms with Gasteiger partial charge in [0.25, 0.3) is 0 Å². The van der Waals surface area contributed by atoms with Crippen molar-refractivity contribution in [2.45, 2.75) is 13.8 Å². The van der Waals surface area contributed by atoms with Crippen molar-refractivity contribution < 1.29 is 13.9 Å². The molecule has 0 saturated carbocycles. The molecule has 0 aromatic heterocycles. The molecule has 0 fully saturated rings. The standard InChI is InChI=1S/C10H10BrFO2/c1-3-14-10(13)8-7(12)5-4-6(2)9(8)11/h4-5H,3H2,1-2H3. The van der Waals surface area contributed by atoms with Gasteiger partial charge in [-0.2, -0.15) is 0 Å². The summed E-state index contributed by atoms with van der Waals surface area (Å²) in [5, 5.41) is 0. The van der Waals surface area contributed by atoms with E-state index in [1.54, 1.807) is 19.9 Å². The molecule has 0 heterocycles. The van der Waals surface area contributed by atoms with E-state index in [0.717, 1.165) is 5.56 Å². The van der Waals surface area contributed by atoms with E-state index in [-0.39, 0.29) is 12.2 Å². The Kier molecular flexibility index (Phi) is 3.63. The highest BCUT2D eigenvalue weighted by Crippen LogP contribution is 2.24. The quantitative estimate of drug-likeness (QED) is 0.765. The molecule has 4 heteroatoms. The van der Waals surface area contributed by atoms with Gasteiger partial charge in [-0.05, 0) is 41.4 Å². The van der Waals surface area contributed by atoms with Gasteiger partial charge in [-0.25, -0.2) is 9.18 Å². The first-order valence-electron chi connectivity index (χ1n) is 4.19. The molecule has 1 aromatic rings. The minimum atomic E-state index is -0.638. The summed E-state index contributed by atoms with van der Waals surface area (Å²) < 4.78 is 18.5. The largest absolute Gasteiger partial charge is 0.462 e. The highest BCUT2D eigenvalue weighted by molar-refractivity contribution is 9.10. The first-order valence-corrected chi connectivity index (χ1v) is 4.99. The Morgan fingerprint density at radius 2 is 2.21 bits per heavy atom. The number of hydrogen-bond donors (Lipinski definition) is 0. The fraction of sp³-hybridized carbons (Fsp3) is 0.300. The number of esters is 1. The lowest BCUT2D eigenvalue weighted by Gasteiger charge is -2.07. The normalized spacial score (nSPS) is 10.0. The average molecular weight is 261 g/mol. The summed E-state index contributed by atoms with van der Waals surface area (Å²) in [6.07, 6.45) is 0. The molecule has 0 amide bonds. The topological polar surface area (TPSA) is 26.3 Å². The Bertz CT molecular complexity index is 363. The zero-order valence-corrected chi connectivity index (χ0v) is 9.52. The maximum Gasteiger partial charge on any atom is 0.342 e. The van der Waals surface area contributed by atoms with Gasteiger partial charge < -0.3 is 4.74 Å². The van der Waals surface area contributed by atoms with E-state index in [4.69, 9.17) is 4.74 Å². The van der Waals surface area contributed by atoms with Crippen LogP contribution in [0.25, 0.3) is 0 Å². The second-order valence-electron chi connectivity index (χ2n) is 2.77. The summed E-state index contributed by atoms with van der Waals surface area (Å²) in [7, 11) is 0. The van der Waals surface area contributed by atoms with Crippen molar-refractivity contribution in [2.75, 3.05) is 6.61 Å². The van der Waals surface area contributed by atoms with E-state index in [9.17, 15) is 9.18 Å². The number of ether oxygens (including phenoxy) is 1. The summed E-state index contributed by atoms with van der Waals surface area (Å²) in [4.78, 5) is 11.3. The molecule has 0 radical (unpaired) electrons. The van der Waals surface area contributed by atoms with Gasteiger partial charge in [-0.1, -0.05) is 6.07 Å². The van der Waals surface area contributed by atoms with Crippen LogP contribution in [0.1, 0.15) is 22.8 Å². The van der Waals surface area contributed by atoms with Crippen LogP contribution >= 0.6 is 15.9 Å². The van der Waals surface area contributed by atoms with Crippen LogP contribution in [0.4, 0.5) is 4.39 Å². The maximum absolute atomic E-state index is 13.3. The smallest absolute Gasteiger partial charge is 0.342 e.